The fourth-order valence-electron chi connectivity index (χ4n) is 3.07. The lowest BCUT2D eigenvalue weighted by Crippen LogP contribution is -2.40. The molecule has 0 aromatic rings. The van der Waals surface area contributed by atoms with Crippen LogP contribution in [-0.2, 0) is 0 Å². The van der Waals surface area contributed by atoms with E-state index in [1.54, 1.807) is 0 Å². The van der Waals surface area contributed by atoms with Crippen molar-refractivity contribution in [3.63, 3.8) is 0 Å². The minimum atomic E-state index is 0. The summed E-state index contributed by atoms with van der Waals surface area (Å²) in [5, 5.41) is 0. The summed E-state index contributed by atoms with van der Waals surface area (Å²) in [5.41, 5.74) is 5.95. The quantitative estimate of drug-likeness (QED) is 0.675. The molecule has 2 bridgehead atoms. The van der Waals surface area contributed by atoms with Crippen molar-refractivity contribution in [2.45, 2.75) is 45.1 Å². The molecule has 0 aromatic carbocycles. The minimum Gasteiger partial charge on any atom is -0.328 e. The summed E-state index contributed by atoms with van der Waals surface area (Å²) in [4.78, 5) is 0. The maximum atomic E-state index is 5.95. The molecule has 0 aromatic heterocycles. The Labute approximate surface area is 81.5 Å². The zero-order valence-corrected chi connectivity index (χ0v) is 8.65. The Bertz CT molecular complexity index is 139. The number of hydrogen-bond acceptors (Lipinski definition) is 1. The molecule has 2 atom stereocenters. The van der Waals surface area contributed by atoms with Crippen molar-refractivity contribution >= 4 is 12.4 Å². The molecule has 2 N–H and O–H groups in total. The van der Waals surface area contributed by atoms with Crippen LogP contribution in [0.4, 0.5) is 0 Å². The maximum absolute atomic E-state index is 5.95. The van der Waals surface area contributed by atoms with Gasteiger partial charge in [-0.15, -0.1) is 12.4 Å². The van der Waals surface area contributed by atoms with Gasteiger partial charge in [-0.1, -0.05) is 12.8 Å². The van der Waals surface area contributed by atoms with Gasteiger partial charge in [-0.2, -0.15) is 0 Å². The Morgan fingerprint density at radius 2 is 1.75 bits per heavy atom. The predicted molar refractivity (Wildman–Crippen MR) is 54.5 cm³/mol. The highest BCUT2D eigenvalue weighted by Gasteiger charge is 2.36. The highest BCUT2D eigenvalue weighted by molar-refractivity contribution is 5.85. The zero-order chi connectivity index (χ0) is 7.84. The van der Waals surface area contributed by atoms with Gasteiger partial charge in [0, 0.05) is 6.04 Å². The van der Waals surface area contributed by atoms with Crippen LogP contribution in [0.15, 0.2) is 0 Å². The monoisotopic (exact) mass is 189 g/mol. The lowest BCUT2D eigenvalue weighted by atomic mass is 9.63. The number of nitrogens with two attached hydrogens (primary N) is 1. The topological polar surface area (TPSA) is 26.0 Å². The molecule has 2 unspecified atom stereocenters. The predicted octanol–water partition coefficient (Wildman–Crippen LogP) is 2.58. The van der Waals surface area contributed by atoms with Crippen molar-refractivity contribution in [1.29, 1.82) is 0 Å². The van der Waals surface area contributed by atoms with Gasteiger partial charge in [0.15, 0.2) is 0 Å². The van der Waals surface area contributed by atoms with Gasteiger partial charge in [-0.05, 0) is 43.9 Å². The fourth-order valence-corrected chi connectivity index (χ4v) is 3.07. The van der Waals surface area contributed by atoms with Crippen LogP contribution < -0.4 is 5.73 Å². The Morgan fingerprint density at radius 1 is 1.17 bits per heavy atom. The van der Waals surface area contributed by atoms with Crippen molar-refractivity contribution < 1.29 is 0 Å². The molecule has 0 saturated heterocycles. The molecule has 0 aliphatic heterocycles. The summed E-state index contributed by atoms with van der Waals surface area (Å²) in [6.07, 6.45) is 7.36. The molecule has 0 amide bonds. The molecular formula is C10H20ClN. The molecule has 0 spiro atoms. The molecule has 12 heavy (non-hydrogen) atoms. The van der Waals surface area contributed by atoms with E-state index in [0.717, 1.165) is 17.8 Å². The summed E-state index contributed by atoms with van der Waals surface area (Å²) in [6, 6.07) is 0.447. The summed E-state index contributed by atoms with van der Waals surface area (Å²) < 4.78 is 0. The average molecular weight is 190 g/mol. The number of hydrogen-bond donors (Lipinski definition) is 1. The molecular weight excluding hydrogens is 170 g/mol. The van der Waals surface area contributed by atoms with Crippen molar-refractivity contribution in [1.82, 2.24) is 0 Å². The molecule has 3 rings (SSSR count). The third-order valence-electron chi connectivity index (χ3n) is 3.78. The van der Waals surface area contributed by atoms with Crippen molar-refractivity contribution in [3.8, 4) is 0 Å². The van der Waals surface area contributed by atoms with E-state index in [0.29, 0.717) is 6.04 Å². The lowest BCUT2D eigenvalue weighted by molar-refractivity contribution is 0.0849. The van der Waals surface area contributed by atoms with Gasteiger partial charge < -0.3 is 5.73 Å². The second-order valence-electron chi connectivity index (χ2n) is 4.54. The van der Waals surface area contributed by atoms with E-state index < -0.39 is 0 Å². The standard InChI is InChI=1S/C10H19N.ClH/c1-7(11)10-6-8-2-4-9(10)5-3-8;/h7-10H,2-6,11H2,1H3;1H. The van der Waals surface area contributed by atoms with E-state index in [2.05, 4.69) is 6.92 Å². The Hall–Kier alpha value is 0.250. The van der Waals surface area contributed by atoms with E-state index in [4.69, 9.17) is 5.73 Å². The van der Waals surface area contributed by atoms with Crippen LogP contribution in [0.1, 0.15) is 39.0 Å². The highest BCUT2D eigenvalue weighted by Crippen LogP contribution is 2.45. The molecule has 72 valence electrons. The molecule has 0 radical (unpaired) electrons. The Balaban J connectivity index is 0.000000720. The minimum absolute atomic E-state index is 0. The largest absolute Gasteiger partial charge is 0.328 e. The van der Waals surface area contributed by atoms with E-state index in [-0.39, 0.29) is 12.4 Å². The highest BCUT2D eigenvalue weighted by atomic mass is 35.5. The zero-order valence-electron chi connectivity index (χ0n) is 7.83. The fraction of sp³-hybridized carbons (Fsp3) is 1.00. The number of fused-ring (bicyclic) bond motifs is 3. The summed E-state index contributed by atoms with van der Waals surface area (Å²) >= 11 is 0. The van der Waals surface area contributed by atoms with Crippen molar-refractivity contribution in [2.75, 3.05) is 0 Å². The van der Waals surface area contributed by atoms with Crippen LogP contribution in [0.3, 0.4) is 0 Å². The average Bonchev–Trinajstić information content (AvgIpc) is 2.06. The second-order valence-corrected chi connectivity index (χ2v) is 4.54. The van der Waals surface area contributed by atoms with Crippen LogP contribution in [0, 0.1) is 17.8 Å². The van der Waals surface area contributed by atoms with Gasteiger partial charge >= 0.3 is 0 Å². The molecule has 1 nitrogen and oxygen atoms in total. The van der Waals surface area contributed by atoms with Crippen LogP contribution >= 0.6 is 12.4 Å². The van der Waals surface area contributed by atoms with Crippen molar-refractivity contribution in [3.05, 3.63) is 0 Å². The first-order valence-corrected chi connectivity index (χ1v) is 5.03. The van der Waals surface area contributed by atoms with Gasteiger partial charge in [0.05, 0.1) is 0 Å². The lowest BCUT2D eigenvalue weighted by Gasteiger charge is -2.44. The first kappa shape index (κ1) is 10.3. The summed E-state index contributed by atoms with van der Waals surface area (Å²) in [7, 11) is 0. The summed E-state index contributed by atoms with van der Waals surface area (Å²) in [5.74, 6) is 2.89. The van der Waals surface area contributed by atoms with Crippen LogP contribution in [-0.4, -0.2) is 6.04 Å². The molecule has 3 fully saturated rings. The van der Waals surface area contributed by atoms with E-state index >= 15 is 0 Å². The molecule has 3 saturated carbocycles. The third kappa shape index (κ3) is 1.77. The van der Waals surface area contributed by atoms with Gasteiger partial charge in [-0.3, -0.25) is 0 Å². The van der Waals surface area contributed by atoms with Crippen LogP contribution in [0.2, 0.25) is 0 Å². The second kappa shape index (κ2) is 3.97. The van der Waals surface area contributed by atoms with Crippen molar-refractivity contribution in [2.24, 2.45) is 23.5 Å². The molecule has 3 aliphatic rings. The van der Waals surface area contributed by atoms with Crippen LogP contribution in [0.25, 0.3) is 0 Å². The Kier molecular flexibility index (Phi) is 3.42. The number of halogens is 1. The molecule has 0 heterocycles. The first-order valence-electron chi connectivity index (χ1n) is 5.03. The van der Waals surface area contributed by atoms with Gasteiger partial charge in [0.1, 0.15) is 0 Å². The normalized spacial score (nSPS) is 42.0. The smallest absolute Gasteiger partial charge is 0.00415 e. The molecule has 3 aliphatic carbocycles. The number of rotatable bonds is 1. The maximum Gasteiger partial charge on any atom is 0.00415 e. The SMILES string of the molecule is CC(N)C1CC2CCC1CC2.Cl. The first-order chi connectivity index (χ1) is 5.27. The third-order valence-corrected chi connectivity index (χ3v) is 3.78. The Morgan fingerprint density at radius 3 is 2.00 bits per heavy atom. The van der Waals surface area contributed by atoms with Gasteiger partial charge in [0.25, 0.3) is 0 Å². The van der Waals surface area contributed by atoms with E-state index in [9.17, 15) is 0 Å². The molecule has 2 heteroatoms. The summed E-state index contributed by atoms with van der Waals surface area (Å²) in [6.45, 7) is 2.19. The van der Waals surface area contributed by atoms with Crippen LogP contribution in [0.5, 0.6) is 0 Å². The van der Waals surface area contributed by atoms with E-state index in [1.165, 1.54) is 32.1 Å². The van der Waals surface area contributed by atoms with Gasteiger partial charge in [-0.25, -0.2) is 0 Å². The van der Waals surface area contributed by atoms with Gasteiger partial charge in [0.2, 0.25) is 0 Å². The van der Waals surface area contributed by atoms with E-state index in [1.807, 2.05) is 0 Å².